The number of piperazine rings is 3. The van der Waals surface area contributed by atoms with Crippen molar-refractivity contribution < 1.29 is 148 Å². The van der Waals surface area contributed by atoms with Crippen LogP contribution < -0.4 is 16.0 Å². The van der Waals surface area contributed by atoms with Gasteiger partial charge in [-0.3, -0.25) is 72.0 Å². The number of rotatable bonds is 29. The number of aliphatic carboxylic acids is 12. The summed E-state index contributed by atoms with van der Waals surface area (Å²) in [6.45, 7) is 0.906. The highest BCUT2D eigenvalue weighted by molar-refractivity contribution is 8.16. The Balaban J connectivity index is 0.000000343. The van der Waals surface area contributed by atoms with Crippen molar-refractivity contribution in [3.8, 4) is 0 Å². The normalized spacial score (nSPS) is 17.7. The minimum absolute atomic E-state index is 0.0343. The van der Waals surface area contributed by atoms with Crippen molar-refractivity contribution in [2.75, 3.05) is 55.9 Å². The Bertz CT molecular complexity index is 3930. The van der Waals surface area contributed by atoms with Crippen molar-refractivity contribution >= 4 is 165 Å². The molecule has 0 aliphatic carbocycles. The summed E-state index contributed by atoms with van der Waals surface area (Å²) in [6, 6.07) is 14.0. The molecule has 37 nitrogen and oxygen atoms in total. The van der Waals surface area contributed by atoms with E-state index in [1.807, 2.05) is 0 Å². The number of benzene rings is 4. The number of carboxylic acids is 12. The van der Waals surface area contributed by atoms with Gasteiger partial charge in [-0.05, 0) is 92.4 Å². The fourth-order valence-corrected chi connectivity index (χ4v) is 12.4. The highest BCUT2D eigenvalue weighted by Crippen LogP contribution is 2.27. The van der Waals surface area contributed by atoms with Crippen LogP contribution in [0.5, 0.6) is 0 Å². The maximum Gasteiger partial charge on any atom is 0.328 e. The molecule has 4 aromatic rings. The van der Waals surface area contributed by atoms with Gasteiger partial charge in [0.05, 0.1) is 39.6 Å². The van der Waals surface area contributed by atoms with Crippen LogP contribution in [0.1, 0.15) is 110 Å². The van der Waals surface area contributed by atoms with E-state index in [1.54, 1.807) is 36.4 Å². The molecule has 109 heavy (non-hydrogen) atoms. The van der Waals surface area contributed by atoms with Crippen molar-refractivity contribution in [2.45, 2.75) is 100 Å². The van der Waals surface area contributed by atoms with Crippen LogP contribution >= 0.6 is 58.3 Å². The topological polar surface area (TPSA) is 599 Å². The van der Waals surface area contributed by atoms with Crippen LogP contribution in [-0.2, 0) is 62.3 Å². The fraction of sp³-hybridized carbons (Fsp3) is 0.373. The summed E-state index contributed by atoms with van der Waals surface area (Å²) < 4.78 is 0. The van der Waals surface area contributed by atoms with E-state index < -0.39 is 150 Å². The number of fused-ring (bicyclic) bond motifs is 1. The van der Waals surface area contributed by atoms with E-state index in [0.717, 1.165) is 14.7 Å². The van der Waals surface area contributed by atoms with Crippen molar-refractivity contribution in [3.63, 3.8) is 0 Å². The molecule has 4 aliphatic rings. The third-order valence-corrected chi connectivity index (χ3v) is 18.4. The zero-order chi connectivity index (χ0) is 81.9. The number of carbonyl (C=O) groups excluding carboxylic acids is 6. The molecular formula is C67H74Cl3N7O30S2. The number of carbonyl (C=O) groups is 18. The molecule has 7 atom stereocenters. The molecule has 8 rings (SSSR count). The Morgan fingerprint density at radius 2 is 0.798 bits per heavy atom. The van der Waals surface area contributed by atoms with Gasteiger partial charge >= 0.3 is 71.6 Å². The molecule has 7 unspecified atom stereocenters. The Morgan fingerprint density at radius 1 is 0.413 bits per heavy atom. The number of ketones is 1. The maximum absolute atomic E-state index is 12.5. The third-order valence-electron chi connectivity index (χ3n) is 15.3. The van der Waals surface area contributed by atoms with Gasteiger partial charge in [0, 0.05) is 91.2 Å². The van der Waals surface area contributed by atoms with Gasteiger partial charge in [-0.25, -0.2) is 19.2 Å². The molecule has 3 fully saturated rings. The number of nitrogens with zero attached hydrogens (tertiary/aromatic N) is 4. The standard InChI is InChI=1S/3C13H13ClN2O5.C12H9NO6.C11H18O5.C5H8O4S2/c14-8-3-1-7(2-4-8)11(17)16-6-5-15-9(12(18)19)10(16)13(20)21;14-8-3-1-2-7(6-8)11(17)16-5-4-15-9(12(18)19)10(16)13(20)21;14-8-4-2-1-3-7(8)11(17)16-6-5-15-9(12(18)19)10(16)13(20)21;14-9(15)5-8(12(18)19)13-10(16)6-3-1-2-4-7(6)11(13)17;12-9(5-1-3-7-10(13)14)6-2-4-8-11(15)16;6-4(7)1-10-3-11-2-5(8)9/h1-4,9-10,15H,5-6H2,(H,18,19)(H,20,21);1-3,6,9-10,15H,4-5H2,(H,18,19)(H,20,21);1-4,9-10,15H,5-6H2,(H,18,19)(H,20,21);1-4,8H,5H2,(H,14,15)(H,18,19);1-8H2,(H,13,14)(H,15,16);1-3H2,(H,6,7)(H,8,9). The number of thioether (sulfide) groups is 2. The molecular weight excluding hydrogens is 1550 g/mol. The molecule has 5 amide bonds. The van der Waals surface area contributed by atoms with Gasteiger partial charge in [-0.15, -0.1) is 23.5 Å². The maximum atomic E-state index is 12.5. The quantitative estimate of drug-likeness (QED) is 0.0210. The molecule has 4 aliphatic heterocycles. The van der Waals surface area contributed by atoms with E-state index in [-0.39, 0.29) is 102 Å². The SMILES string of the molecule is O=C(O)C1NCCN(C(=O)c2ccc(Cl)cc2)C1C(=O)O.O=C(O)C1NCCN(C(=O)c2cccc(Cl)c2)C1C(=O)O.O=C(O)C1NCCN(C(=O)c2ccccc2Cl)C1C(=O)O.O=C(O)CC(C(=O)O)N1C(=O)c2ccccc2C1=O.O=C(O)CCCCC(=O)CCCCC(=O)O.O=C(O)CSCSCC(=O)O. The number of nitrogens with one attached hydrogen (secondary N) is 3. The summed E-state index contributed by atoms with van der Waals surface area (Å²) in [5.74, 6) is -17.5. The lowest BCUT2D eigenvalue weighted by atomic mass is 10.0. The number of carboxylic acid groups (broad SMARTS) is 12. The molecule has 4 aromatic carbocycles. The summed E-state index contributed by atoms with van der Waals surface area (Å²) in [7, 11) is 0. The smallest absolute Gasteiger partial charge is 0.328 e. The predicted molar refractivity (Wildman–Crippen MR) is 383 cm³/mol. The number of hydrogen-bond donors (Lipinski definition) is 15. The number of imide groups is 1. The second-order valence-electron chi connectivity index (χ2n) is 23.0. The van der Waals surface area contributed by atoms with Gasteiger partial charge in [-0.1, -0.05) is 65.1 Å². The first-order valence-electron chi connectivity index (χ1n) is 32.1. The van der Waals surface area contributed by atoms with E-state index in [9.17, 15) is 102 Å². The van der Waals surface area contributed by atoms with Crippen molar-refractivity contribution in [1.82, 2.24) is 35.6 Å². The second-order valence-corrected chi connectivity index (χ2v) is 26.6. The molecule has 0 radical (unpaired) electrons. The van der Waals surface area contributed by atoms with E-state index in [1.165, 1.54) is 84.2 Å². The van der Waals surface area contributed by atoms with Crippen LogP contribution in [0.2, 0.25) is 15.1 Å². The summed E-state index contributed by atoms with van der Waals surface area (Å²) in [6.07, 6.45) is 2.43. The van der Waals surface area contributed by atoms with Gasteiger partial charge in [0.15, 0.2) is 18.1 Å². The zero-order valence-corrected chi connectivity index (χ0v) is 60.9. The molecule has 15 N–H and O–H groups in total. The molecule has 590 valence electrons. The van der Waals surface area contributed by atoms with Crippen LogP contribution in [0.4, 0.5) is 0 Å². The molecule has 4 heterocycles. The molecule has 0 saturated carbocycles. The van der Waals surface area contributed by atoms with Crippen LogP contribution in [0, 0.1) is 0 Å². The number of Topliss-reactive ketones (excluding diaryl/α,β-unsaturated/α-hetero) is 1. The van der Waals surface area contributed by atoms with Gasteiger partial charge in [0.2, 0.25) is 0 Å². The summed E-state index contributed by atoms with van der Waals surface area (Å²) in [4.78, 5) is 206. The van der Waals surface area contributed by atoms with Gasteiger partial charge in [0.25, 0.3) is 29.5 Å². The van der Waals surface area contributed by atoms with Crippen LogP contribution in [0.15, 0.2) is 97.1 Å². The third kappa shape index (κ3) is 30.1. The Labute approximate surface area is 641 Å². The molecule has 3 saturated heterocycles. The Hall–Kier alpha value is -10.8. The second kappa shape index (κ2) is 46.4. The molecule has 42 heteroatoms. The average molecular weight is 1630 g/mol. The van der Waals surface area contributed by atoms with Crippen molar-refractivity contribution in [2.24, 2.45) is 0 Å². The highest BCUT2D eigenvalue weighted by Gasteiger charge is 2.47. The van der Waals surface area contributed by atoms with E-state index in [4.69, 9.17) is 80.8 Å². The average Bonchev–Trinajstić information content (AvgIpc) is 1.64. The Kier molecular flexibility index (Phi) is 39.3. The van der Waals surface area contributed by atoms with Crippen LogP contribution in [0.25, 0.3) is 0 Å². The molecule has 0 spiro atoms. The van der Waals surface area contributed by atoms with Gasteiger partial charge < -0.3 is 91.9 Å². The minimum atomic E-state index is -1.70. The molecule has 0 aromatic heterocycles. The van der Waals surface area contributed by atoms with Crippen molar-refractivity contribution in [3.05, 3.63) is 140 Å². The summed E-state index contributed by atoms with van der Waals surface area (Å²) in [5.41, 5.74) is 0.807. The van der Waals surface area contributed by atoms with Crippen molar-refractivity contribution in [1.29, 1.82) is 0 Å². The van der Waals surface area contributed by atoms with Crippen LogP contribution in [-0.4, -0.2) is 286 Å². The zero-order valence-electron chi connectivity index (χ0n) is 57.0. The van der Waals surface area contributed by atoms with Gasteiger partial charge in [0.1, 0.15) is 30.0 Å². The lowest BCUT2D eigenvalue weighted by Gasteiger charge is -2.37. The number of amides is 5. The largest absolute Gasteiger partial charge is 0.481 e. The lowest BCUT2D eigenvalue weighted by molar-refractivity contribution is -0.152. The first-order chi connectivity index (χ1) is 51.3. The lowest BCUT2D eigenvalue weighted by Crippen LogP contribution is -2.65. The number of halogens is 3. The summed E-state index contributed by atoms with van der Waals surface area (Å²) >= 11 is 19.9. The van der Waals surface area contributed by atoms with E-state index in [2.05, 4.69) is 16.0 Å². The first kappa shape index (κ1) is 92.4. The first-order valence-corrected chi connectivity index (χ1v) is 35.5. The number of hydrogen-bond acceptors (Lipinski definition) is 23. The van der Waals surface area contributed by atoms with E-state index >= 15 is 0 Å². The molecule has 0 bridgehead atoms. The fourth-order valence-electron chi connectivity index (χ4n) is 10.4. The predicted octanol–water partition coefficient (Wildman–Crippen LogP) is 3.51. The Morgan fingerprint density at radius 3 is 1.16 bits per heavy atom. The number of unbranched alkanes of at least 4 members (excludes halogenated alkanes) is 2. The highest BCUT2D eigenvalue weighted by atomic mass is 35.5. The summed E-state index contributed by atoms with van der Waals surface area (Å²) in [5, 5.41) is 115. The van der Waals surface area contributed by atoms with E-state index in [0.29, 0.717) is 58.6 Å². The van der Waals surface area contributed by atoms with Crippen LogP contribution in [0.3, 0.4) is 0 Å². The minimum Gasteiger partial charge on any atom is -0.481 e. The van der Waals surface area contributed by atoms with Gasteiger partial charge in [-0.2, -0.15) is 0 Å². The monoisotopic (exact) mass is 1630 g/mol.